The first-order valence-corrected chi connectivity index (χ1v) is 6.05. The third-order valence-electron chi connectivity index (χ3n) is 2.52. The molecular weight excluding hydrogens is 274 g/mol. The zero-order chi connectivity index (χ0) is 13.1. The largest absolute Gasteiger partial charge is 0.397 e. The molecule has 0 atom stereocenters. The van der Waals surface area contributed by atoms with E-state index >= 15 is 0 Å². The fourth-order valence-corrected chi connectivity index (χ4v) is 1.88. The van der Waals surface area contributed by atoms with Crippen molar-refractivity contribution in [2.45, 2.75) is 6.54 Å². The van der Waals surface area contributed by atoms with Crippen molar-refractivity contribution >= 4 is 34.6 Å². The Kier molecular flexibility index (Phi) is 3.94. The fourth-order valence-electron chi connectivity index (χ4n) is 1.55. The van der Waals surface area contributed by atoms with E-state index in [9.17, 15) is 4.39 Å². The summed E-state index contributed by atoms with van der Waals surface area (Å²) in [6, 6.07) is 9.73. The van der Waals surface area contributed by atoms with Crippen LogP contribution >= 0.6 is 23.2 Å². The number of hydrogen-bond donors (Lipinski definition) is 2. The Morgan fingerprint density at radius 2 is 1.78 bits per heavy atom. The molecule has 0 aliphatic heterocycles. The molecule has 0 saturated heterocycles. The minimum absolute atomic E-state index is 0.261. The molecule has 2 aromatic carbocycles. The molecule has 0 aromatic heterocycles. The van der Waals surface area contributed by atoms with Gasteiger partial charge < -0.3 is 11.1 Å². The number of hydrogen-bond acceptors (Lipinski definition) is 2. The lowest BCUT2D eigenvalue weighted by atomic mass is 10.2. The van der Waals surface area contributed by atoms with Crippen molar-refractivity contribution in [3.8, 4) is 0 Å². The van der Waals surface area contributed by atoms with Gasteiger partial charge in [-0.3, -0.25) is 0 Å². The van der Waals surface area contributed by atoms with Crippen molar-refractivity contribution in [2.24, 2.45) is 0 Å². The summed E-state index contributed by atoms with van der Waals surface area (Å²) >= 11 is 11.7. The van der Waals surface area contributed by atoms with Crippen LogP contribution in [0.5, 0.6) is 0 Å². The van der Waals surface area contributed by atoms with Gasteiger partial charge in [0.2, 0.25) is 0 Å². The zero-order valence-electron chi connectivity index (χ0n) is 9.38. The third kappa shape index (κ3) is 2.86. The molecule has 0 radical (unpaired) electrons. The average Bonchev–Trinajstić information content (AvgIpc) is 2.34. The highest BCUT2D eigenvalue weighted by atomic mass is 35.5. The molecule has 18 heavy (non-hydrogen) atoms. The molecule has 2 aromatic rings. The van der Waals surface area contributed by atoms with Crippen LogP contribution in [0.2, 0.25) is 10.0 Å². The van der Waals surface area contributed by atoms with Gasteiger partial charge in [0.15, 0.2) is 0 Å². The predicted molar refractivity (Wildman–Crippen MR) is 74.6 cm³/mol. The number of benzene rings is 2. The molecule has 0 amide bonds. The smallest absolute Gasteiger partial charge is 0.128 e. The maximum absolute atomic E-state index is 13.4. The van der Waals surface area contributed by atoms with Gasteiger partial charge in [-0.05, 0) is 18.2 Å². The van der Waals surface area contributed by atoms with Gasteiger partial charge in [0.1, 0.15) is 5.82 Å². The standard InChI is InChI=1S/C13H11Cl2FN2/c14-9-5-12(17)13(6-10(9)15)18-7-8-3-1-2-4-11(8)16/h1-6,18H,7,17H2. The molecule has 0 fully saturated rings. The van der Waals surface area contributed by atoms with Crippen molar-refractivity contribution in [1.82, 2.24) is 0 Å². The summed E-state index contributed by atoms with van der Waals surface area (Å²) in [7, 11) is 0. The molecule has 5 heteroatoms. The van der Waals surface area contributed by atoms with E-state index in [1.54, 1.807) is 30.3 Å². The third-order valence-corrected chi connectivity index (χ3v) is 3.24. The molecule has 3 N–H and O–H groups in total. The van der Waals surface area contributed by atoms with Gasteiger partial charge in [0.05, 0.1) is 21.4 Å². The minimum atomic E-state index is -0.261. The molecule has 94 valence electrons. The summed E-state index contributed by atoms with van der Waals surface area (Å²) < 4.78 is 13.4. The zero-order valence-corrected chi connectivity index (χ0v) is 10.9. The van der Waals surface area contributed by atoms with E-state index in [-0.39, 0.29) is 5.82 Å². The molecule has 0 aliphatic carbocycles. The van der Waals surface area contributed by atoms with E-state index in [4.69, 9.17) is 28.9 Å². The summed E-state index contributed by atoms with van der Waals surface area (Å²) in [5, 5.41) is 3.83. The van der Waals surface area contributed by atoms with Gasteiger partial charge in [0.25, 0.3) is 0 Å². The summed E-state index contributed by atoms with van der Waals surface area (Å²) in [5.41, 5.74) is 7.46. The highest BCUT2D eigenvalue weighted by Crippen LogP contribution is 2.31. The van der Waals surface area contributed by atoms with Crippen LogP contribution in [0.3, 0.4) is 0 Å². The number of anilines is 2. The summed E-state index contributed by atoms with van der Waals surface area (Å²) in [6.45, 7) is 0.328. The monoisotopic (exact) mass is 284 g/mol. The normalized spacial score (nSPS) is 10.4. The van der Waals surface area contributed by atoms with Crippen LogP contribution in [-0.2, 0) is 6.54 Å². The summed E-state index contributed by atoms with van der Waals surface area (Å²) in [5.74, 6) is -0.261. The van der Waals surface area contributed by atoms with Gasteiger partial charge in [-0.1, -0.05) is 41.4 Å². The second-order valence-corrected chi connectivity index (χ2v) is 4.61. The van der Waals surface area contributed by atoms with Crippen molar-refractivity contribution in [1.29, 1.82) is 0 Å². The van der Waals surface area contributed by atoms with E-state index in [0.29, 0.717) is 33.5 Å². The maximum atomic E-state index is 13.4. The molecule has 2 nitrogen and oxygen atoms in total. The Morgan fingerprint density at radius 1 is 1.11 bits per heavy atom. The fraction of sp³-hybridized carbons (Fsp3) is 0.0769. The first-order chi connectivity index (χ1) is 8.58. The van der Waals surface area contributed by atoms with Gasteiger partial charge in [0, 0.05) is 12.1 Å². The van der Waals surface area contributed by atoms with Gasteiger partial charge in [-0.25, -0.2) is 4.39 Å². The molecule has 0 spiro atoms. The second-order valence-electron chi connectivity index (χ2n) is 3.80. The van der Waals surface area contributed by atoms with E-state index in [1.165, 1.54) is 6.07 Å². The van der Waals surface area contributed by atoms with Gasteiger partial charge in [-0.2, -0.15) is 0 Å². The summed E-state index contributed by atoms with van der Waals surface area (Å²) in [6.07, 6.45) is 0. The first kappa shape index (κ1) is 13.0. The number of nitrogens with two attached hydrogens (primary N) is 1. The van der Waals surface area contributed by atoms with E-state index in [0.717, 1.165) is 0 Å². The SMILES string of the molecule is Nc1cc(Cl)c(Cl)cc1NCc1ccccc1F. The maximum Gasteiger partial charge on any atom is 0.128 e. The lowest BCUT2D eigenvalue weighted by Gasteiger charge is -2.11. The highest BCUT2D eigenvalue weighted by molar-refractivity contribution is 6.42. The average molecular weight is 285 g/mol. The summed E-state index contributed by atoms with van der Waals surface area (Å²) in [4.78, 5) is 0. The van der Waals surface area contributed by atoms with Crippen LogP contribution in [0.1, 0.15) is 5.56 Å². The Labute approximate surface area is 115 Å². The van der Waals surface area contributed by atoms with Crippen LogP contribution < -0.4 is 11.1 Å². The second kappa shape index (κ2) is 5.46. The van der Waals surface area contributed by atoms with E-state index in [2.05, 4.69) is 5.32 Å². The highest BCUT2D eigenvalue weighted by Gasteiger charge is 2.06. The van der Waals surface area contributed by atoms with E-state index in [1.807, 2.05) is 0 Å². The molecule has 0 aliphatic rings. The van der Waals surface area contributed by atoms with Crippen LogP contribution in [0.15, 0.2) is 36.4 Å². The van der Waals surface area contributed by atoms with Gasteiger partial charge in [-0.15, -0.1) is 0 Å². The number of nitrogen functional groups attached to an aromatic ring is 1. The van der Waals surface area contributed by atoms with Crippen molar-refractivity contribution in [2.75, 3.05) is 11.1 Å². The van der Waals surface area contributed by atoms with Crippen molar-refractivity contribution in [3.63, 3.8) is 0 Å². The molecule has 0 saturated carbocycles. The van der Waals surface area contributed by atoms with Crippen LogP contribution in [0.25, 0.3) is 0 Å². The van der Waals surface area contributed by atoms with Gasteiger partial charge >= 0.3 is 0 Å². The number of halogens is 3. The molecule has 0 heterocycles. The Hall–Kier alpha value is -1.45. The first-order valence-electron chi connectivity index (χ1n) is 5.29. The Bertz CT molecular complexity index is 573. The quantitative estimate of drug-likeness (QED) is 0.824. The lowest BCUT2D eigenvalue weighted by Crippen LogP contribution is -2.04. The van der Waals surface area contributed by atoms with Crippen LogP contribution in [0.4, 0.5) is 15.8 Å². The Balaban J connectivity index is 2.16. The molecular formula is C13H11Cl2FN2. The lowest BCUT2D eigenvalue weighted by molar-refractivity contribution is 0.613. The van der Waals surface area contributed by atoms with Crippen molar-refractivity contribution in [3.05, 3.63) is 57.8 Å². The Morgan fingerprint density at radius 3 is 2.50 bits per heavy atom. The molecule has 0 unspecified atom stereocenters. The molecule has 2 rings (SSSR count). The topological polar surface area (TPSA) is 38.0 Å². The van der Waals surface area contributed by atoms with Crippen LogP contribution in [0, 0.1) is 5.82 Å². The van der Waals surface area contributed by atoms with E-state index < -0.39 is 0 Å². The minimum Gasteiger partial charge on any atom is -0.397 e. The number of rotatable bonds is 3. The number of nitrogens with one attached hydrogen (secondary N) is 1. The predicted octanol–water partition coefficient (Wildman–Crippen LogP) is 4.33. The van der Waals surface area contributed by atoms with Crippen molar-refractivity contribution < 1.29 is 4.39 Å². The molecule has 0 bridgehead atoms. The van der Waals surface area contributed by atoms with Crippen LogP contribution in [-0.4, -0.2) is 0 Å².